The lowest BCUT2D eigenvalue weighted by atomic mass is 10.0. The first-order chi connectivity index (χ1) is 15.6. The van der Waals surface area contributed by atoms with E-state index in [2.05, 4.69) is 10.5 Å². The van der Waals surface area contributed by atoms with E-state index in [9.17, 15) is 9.59 Å². The van der Waals surface area contributed by atoms with Crippen molar-refractivity contribution in [2.75, 3.05) is 7.11 Å². The molecule has 1 N–H and O–H groups in total. The van der Waals surface area contributed by atoms with Crippen LogP contribution in [0.4, 0.5) is 0 Å². The zero-order valence-corrected chi connectivity index (χ0v) is 17.3. The molecule has 1 amide bonds. The van der Waals surface area contributed by atoms with Gasteiger partial charge >= 0.3 is 5.97 Å². The Morgan fingerprint density at radius 1 is 0.812 bits per heavy atom. The second-order valence-electron chi connectivity index (χ2n) is 6.91. The minimum Gasteiger partial charge on any atom is -0.497 e. The summed E-state index contributed by atoms with van der Waals surface area (Å²) in [6, 6.07) is 26.7. The Hall–Kier alpha value is -4.45. The van der Waals surface area contributed by atoms with Gasteiger partial charge in [-0.05, 0) is 70.9 Å². The van der Waals surface area contributed by atoms with E-state index in [0.29, 0.717) is 22.6 Å². The highest BCUT2D eigenvalue weighted by atomic mass is 16.5. The largest absolute Gasteiger partial charge is 0.497 e. The third kappa shape index (κ3) is 4.82. The van der Waals surface area contributed by atoms with Crippen LogP contribution >= 0.6 is 0 Å². The fraction of sp³-hybridized carbons (Fsp3) is 0.0385. The lowest BCUT2D eigenvalue weighted by Gasteiger charge is -2.06. The highest BCUT2D eigenvalue weighted by molar-refractivity contribution is 6.07. The van der Waals surface area contributed by atoms with Crippen molar-refractivity contribution in [3.63, 3.8) is 0 Å². The third-order valence-corrected chi connectivity index (χ3v) is 4.83. The molecule has 6 nitrogen and oxygen atoms in total. The molecule has 0 atom stereocenters. The highest BCUT2D eigenvalue weighted by Crippen LogP contribution is 2.19. The Kier molecular flexibility index (Phi) is 6.22. The van der Waals surface area contributed by atoms with Crippen molar-refractivity contribution in [2.24, 2.45) is 5.10 Å². The Morgan fingerprint density at radius 2 is 1.50 bits per heavy atom. The van der Waals surface area contributed by atoms with Crippen LogP contribution in [0.1, 0.15) is 26.3 Å². The van der Waals surface area contributed by atoms with Crippen molar-refractivity contribution in [3.8, 4) is 11.5 Å². The van der Waals surface area contributed by atoms with Crippen LogP contribution in [0, 0.1) is 0 Å². The van der Waals surface area contributed by atoms with E-state index < -0.39 is 5.97 Å². The average molecular weight is 424 g/mol. The van der Waals surface area contributed by atoms with Gasteiger partial charge in [-0.25, -0.2) is 10.2 Å². The molecule has 0 bridgehead atoms. The molecule has 0 aliphatic heterocycles. The molecule has 0 heterocycles. The minimum absolute atomic E-state index is 0.289. The van der Waals surface area contributed by atoms with E-state index in [1.54, 1.807) is 61.7 Å². The van der Waals surface area contributed by atoms with E-state index in [4.69, 9.17) is 9.47 Å². The van der Waals surface area contributed by atoms with Gasteiger partial charge in [-0.3, -0.25) is 4.79 Å². The maximum Gasteiger partial charge on any atom is 0.343 e. The van der Waals surface area contributed by atoms with E-state index in [0.717, 1.165) is 16.3 Å². The second kappa shape index (κ2) is 9.57. The van der Waals surface area contributed by atoms with E-state index in [1.165, 1.54) is 6.21 Å². The lowest BCUT2D eigenvalue weighted by Crippen LogP contribution is -2.17. The Labute approximate surface area is 185 Å². The van der Waals surface area contributed by atoms with Crippen molar-refractivity contribution < 1.29 is 19.1 Å². The summed E-state index contributed by atoms with van der Waals surface area (Å²) in [6.07, 6.45) is 1.53. The number of hydrogen-bond acceptors (Lipinski definition) is 5. The Morgan fingerprint density at radius 3 is 2.25 bits per heavy atom. The van der Waals surface area contributed by atoms with Gasteiger partial charge in [0, 0.05) is 5.56 Å². The molecule has 4 rings (SSSR count). The van der Waals surface area contributed by atoms with Gasteiger partial charge in [-0.15, -0.1) is 0 Å². The van der Waals surface area contributed by atoms with Crippen LogP contribution in [0.25, 0.3) is 10.8 Å². The summed E-state index contributed by atoms with van der Waals surface area (Å²) in [6.45, 7) is 0. The summed E-state index contributed by atoms with van der Waals surface area (Å²) < 4.78 is 10.5. The zero-order valence-electron chi connectivity index (χ0n) is 17.3. The fourth-order valence-electron chi connectivity index (χ4n) is 3.16. The molecule has 0 radical (unpaired) electrons. The van der Waals surface area contributed by atoms with Gasteiger partial charge in [-0.2, -0.15) is 5.10 Å². The number of benzene rings is 4. The number of nitrogens with one attached hydrogen (secondary N) is 1. The smallest absolute Gasteiger partial charge is 0.343 e. The number of rotatable bonds is 6. The quantitative estimate of drug-likeness (QED) is 0.208. The van der Waals surface area contributed by atoms with Crippen LogP contribution in [0.2, 0.25) is 0 Å². The first-order valence-electron chi connectivity index (χ1n) is 9.91. The van der Waals surface area contributed by atoms with Crippen molar-refractivity contribution in [3.05, 3.63) is 108 Å². The zero-order chi connectivity index (χ0) is 22.3. The summed E-state index contributed by atoms with van der Waals surface area (Å²) >= 11 is 0. The normalized spacial score (nSPS) is 10.8. The van der Waals surface area contributed by atoms with E-state index in [-0.39, 0.29) is 5.91 Å². The summed E-state index contributed by atoms with van der Waals surface area (Å²) in [4.78, 5) is 24.7. The number of carbonyl (C=O) groups is 2. The minimum atomic E-state index is -0.462. The second-order valence-corrected chi connectivity index (χ2v) is 6.91. The van der Waals surface area contributed by atoms with Crippen molar-refractivity contribution in [2.45, 2.75) is 0 Å². The van der Waals surface area contributed by atoms with Crippen molar-refractivity contribution in [1.82, 2.24) is 5.43 Å². The summed E-state index contributed by atoms with van der Waals surface area (Å²) in [5.41, 5.74) is 4.28. The van der Waals surface area contributed by atoms with Gasteiger partial charge in [0.25, 0.3) is 5.91 Å². The average Bonchev–Trinajstić information content (AvgIpc) is 2.84. The molecule has 0 aliphatic rings. The first kappa shape index (κ1) is 20.8. The number of nitrogens with zero attached hydrogens (tertiary/aromatic N) is 1. The molecular weight excluding hydrogens is 404 g/mol. The molecule has 0 aliphatic carbocycles. The molecule has 0 spiro atoms. The van der Waals surface area contributed by atoms with Crippen molar-refractivity contribution in [1.29, 1.82) is 0 Å². The monoisotopic (exact) mass is 424 g/mol. The van der Waals surface area contributed by atoms with Crippen LogP contribution in [-0.2, 0) is 0 Å². The fourth-order valence-corrected chi connectivity index (χ4v) is 3.16. The predicted octanol–water partition coefficient (Wildman–Crippen LogP) is 4.83. The standard InChI is InChI=1S/C26H20N2O4/c1-31-21-15-11-20(12-16-21)26(30)32-22-13-9-18(10-14-22)17-27-28-25(29)24-8-4-6-19-5-2-3-7-23(19)24/h2-17H,1H3,(H,28,29)/b27-17-. The van der Waals surface area contributed by atoms with Crippen LogP contribution in [0.3, 0.4) is 0 Å². The first-order valence-corrected chi connectivity index (χ1v) is 9.91. The van der Waals surface area contributed by atoms with Crippen LogP contribution in [-0.4, -0.2) is 25.2 Å². The Bertz CT molecular complexity index is 1270. The number of hydrazone groups is 1. The molecule has 0 fully saturated rings. The van der Waals surface area contributed by atoms with E-state index >= 15 is 0 Å². The predicted molar refractivity (Wildman–Crippen MR) is 123 cm³/mol. The number of esters is 1. The number of methoxy groups -OCH3 is 1. The maximum absolute atomic E-state index is 12.5. The van der Waals surface area contributed by atoms with Gasteiger partial charge in [0.2, 0.25) is 0 Å². The molecule has 6 heteroatoms. The molecule has 158 valence electrons. The van der Waals surface area contributed by atoms with Gasteiger partial charge < -0.3 is 9.47 Å². The van der Waals surface area contributed by atoms with Crippen molar-refractivity contribution >= 4 is 28.9 Å². The maximum atomic E-state index is 12.5. The molecule has 0 saturated carbocycles. The molecule has 0 aromatic heterocycles. The van der Waals surface area contributed by atoms with Gasteiger partial charge in [-0.1, -0.05) is 36.4 Å². The van der Waals surface area contributed by atoms with Gasteiger partial charge in [0.1, 0.15) is 11.5 Å². The third-order valence-electron chi connectivity index (χ3n) is 4.83. The number of ether oxygens (including phenoxy) is 2. The number of fused-ring (bicyclic) bond motifs is 1. The van der Waals surface area contributed by atoms with Gasteiger partial charge in [0.15, 0.2) is 0 Å². The Balaban J connectivity index is 1.36. The SMILES string of the molecule is COc1ccc(C(=O)Oc2ccc(/C=N\NC(=O)c3cccc4ccccc34)cc2)cc1. The summed E-state index contributed by atoms with van der Waals surface area (Å²) in [5.74, 6) is 0.319. The van der Waals surface area contributed by atoms with Crippen LogP contribution in [0.15, 0.2) is 96.1 Å². The van der Waals surface area contributed by atoms with E-state index in [1.807, 2.05) is 36.4 Å². The molecule has 4 aromatic carbocycles. The van der Waals surface area contributed by atoms with Crippen LogP contribution in [0.5, 0.6) is 11.5 Å². The summed E-state index contributed by atoms with van der Waals surface area (Å²) in [7, 11) is 1.56. The molecule has 0 saturated heterocycles. The lowest BCUT2D eigenvalue weighted by molar-refractivity contribution is 0.0734. The number of hydrogen-bond donors (Lipinski definition) is 1. The molecule has 32 heavy (non-hydrogen) atoms. The summed E-state index contributed by atoms with van der Waals surface area (Å²) in [5, 5.41) is 5.89. The molecule has 4 aromatic rings. The van der Waals surface area contributed by atoms with Gasteiger partial charge in [0.05, 0.1) is 18.9 Å². The molecular formula is C26H20N2O4. The molecule has 0 unspecified atom stereocenters. The van der Waals surface area contributed by atoms with Crippen LogP contribution < -0.4 is 14.9 Å². The topological polar surface area (TPSA) is 77.0 Å². The number of carbonyl (C=O) groups excluding carboxylic acids is 2. The number of amides is 1. The highest BCUT2D eigenvalue weighted by Gasteiger charge is 2.09.